The maximum absolute atomic E-state index is 12.3. The molecule has 28 heavy (non-hydrogen) atoms. The molecule has 1 amide bonds. The number of rotatable bonds is 7. The first-order chi connectivity index (χ1) is 13.6. The van der Waals surface area contributed by atoms with Crippen LogP contribution >= 0.6 is 15.9 Å². The molecule has 1 heterocycles. The van der Waals surface area contributed by atoms with Crippen LogP contribution in [0.1, 0.15) is 11.1 Å². The highest BCUT2D eigenvalue weighted by Crippen LogP contribution is 2.23. The Morgan fingerprint density at radius 3 is 2.43 bits per heavy atom. The summed E-state index contributed by atoms with van der Waals surface area (Å²) in [4.78, 5) is 12.3. The van der Waals surface area contributed by atoms with E-state index >= 15 is 0 Å². The standard InChI is InChI=1S/C21H20BrN3O3/c1-27-18-11-16(12-19(13-18)28-2)5-8-21(26)24-20-9-10-23-25(20)14-15-3-6-17(22)7-4-15/h3-13H,14H2,1-2H3,(H,24,26)/b8-5+. The SMILES string of the molecule is COc1cc(/C=C/C(=O)Nc2ccnn2Cc2ccc(Br)cc2)cc(OC)c1. The van der Waals surface area contributed by atoms with Crippen LogP contribution in [-0.2, 0) is 11.3 Å². The van der Waals surface area contributed by atoms with Gasteiger partial charge in [-0.1, -0.05) is 28.1 Å². The van der Waals surface area contributed by atoms with Crippen molar-refractivity contribution in [3.8, 4) is 11.5 Å². The van der Waals surface area contributed by atoms with Gasteiger partial charge in [0.15, 0.2) is 0 Å². The van der Waals surface area contributed by atoms with E-state index in [1.165, 1.54) is 6.08 Å². The summed E-state index contributed by atoms with van der Waals surface area (Å²) in [6, 6.07) is 15.1. The first-order valence-corrected chi connectivity index (χ1v) is 9.35. The maximum atomic E-state index is 12.3. The fourth-order valence-electron chi connectivity index (χ4n) is 2.59. The van der Waals surface area contributed by atoms with E-state index in [-0.39, 0.29) is 5.91 Å². The number of carbonyl (C=O) groups is 1. The van der Waals surface area contributed by atoms with Crippen LogP contribution < -0.4 is 14.8 Å². The van der Waals surface area contributed by atoms with Gasteiger partial charge in [-0.15, -0.1) is 0 Å². The Bertz CT molecular complexity index is 959. The first kappa shape index (κ1) is 19.7. The van der Waals surface area contributed by atoms with Crippen molar-refractivity contribution in [3.05, 3.63) is 76.4 Å². The second-order valence-corrected chi connectivity index (χ2v) is 6.88. The third kappa shape index (κ3) is 5.23. The van der Waals surface area contributed by atoms with E-state index in [0.717, 1.165) is 15.6 Å². The summed E-state index contributed by atoms with van der Waals surface area (Å²) in [5.74, 6) is 1.69. The van der Waals surface area contributed by atoms with E-state index in [1.54, 1.807) is 43.3 Å². The van der Waals surface area contributed by atoms with Gasteiger partial charge in [0.25, 0.3) is 0 Å². The first-order valence-electron chi connectivity index (χ1n) is 8.56. The molecular formula is C21H20BrN3O3. The molecule has 0 aliphatic carbocycles. The fourth-order valence-corrected chi connectivity index (χ4v) is 2.86. The van der Waals surface area contributed by atoms with E-state index in [4.69, 9.17) is 9.47 Å². The molecule has 0 bridgehead atoms. The molecule has 1 aromatic heterocycles. The molecule has 3 rings (SSSR count). The van der Waals surface area contributed by atoms with Crippen LogP contribution in [0.25, 0.3) is 6.08 Å². The lowest BCUT2D eigenvalue weighted by atomic mass is 10.2. The number of amides is 1. The lowest BCUT2D eigenvalue weighted by Crippen LogP contribution is -2.13. The minimum absolute atomic E-state index is 0.251. The Hall–Kier alpha value is -3.06. The van der Waals surface area contributed by atoms with Gasteiger partial charge < -0.3 is 14.8 Å². The van der Waals surface area contributed by atoms with Crippen LogP contribution in [0.3, 0.4) is 0 Å². The normalized spacial score (nSPS) is 10.8. The summed E-state index contributed by atoms with van der Waals surface area (Å²) in [7, 11) is 3.17. The van der Waals surface area contributed by atoms with Gasteiger partial charge in [0.05, 0.1) is 27.0 Å². The van der Waals surface area contributed by atoms with E-state index in [1.807, 2.05) is 36.4 Å². The van der Waals surface area contributed by atoms with Gasteiger partial charge in [-0.3, -0.25) is 4.79 Å². The molecule has 1 N–H and O–H groups in total. The molecule has 0 saturated carbocycles. The van der Waals surface area contributed by atoms with Gasteiger partial charge in [-0.2, -0.15) is 5.10 Å². The zero-order chi connectivity index (χ0) is 19.9. The third-order valence-electron chi connectivity index (χ3n) is 4.01. The van der Waals surface area contributed by atoms with E-state index in [9.17, 15) is 4.79 Å². The molecule has 0 spiro atoms. The number of nitrogens with zero attached hydrogens (tertiary/aromatic N) is 2. The maximum Gasteiger partial charge on any atom is 0.249 e. The predicted octanol–water partition coefficient (Wildman–Crippen LogP) is 4.36. The number of nitrogens with one attached hydrogen (secondary N) is 1. The summed E-state index contributed by atoms with van der Waals surface area (Å²) in [6.07, 6.45) is 4.83. The molecule has 0 unspecified atom stereocenters. The van der Waals surface area contributed by atoms with E-state index < -0.39 is 0 Å². The molecule has 0 radical (unpaired) electrons. The second-order valence-electron chi connectivity index (χ2n) is 5.97. The Balaban J connectivity index is 1.68. The van der Waals surface area contributed by atoms with Crippen LogP contribution in [0.15, 0.2) is 65.3 Å². The lowest BCUT2D eigenvalue weighted by molar-refractivity contribution is -0.111. The van der Waals surface area contributed by atoms with E-state index in [2.05, 4.69) is 26.3 Å². The monoisotopic (exact) mass is 441 g/mol. The van der Waals surface area contributed by atoms with Gasteiger partial charge in [-0.25, -0.2) is 4.68 Å². The molecule has 0 aliphatic rings. The van der Waals surface area contributed by atoms with Gasteiger partial charge in [0.2, 0.25) is 5.91 Å². The largest absolute Gasteiger partial charge is 0.497 e. The molecule has 3 aromatic rings. The zero-order valence-corrected chi connectivity index (χ0v) is 17.1. The van der Waals surface area contributed by atoms with Gasteiger partial charge in [-0.05, 0) is 41.5 Å². The Kier molecular flexibility index (Phi) is 6.49. The molecule has 144 valence electrons. The zero-order valence-electron chi connectivity index (χ0n) is 15.6. The van der Waals surface area contributed by atoms with Crippen LogP contribution in [-0.4, -0.2) is 29.9 Å². The van der Waals surface area contributed by atoms with Crippen molar-refractivity contribution in [3.63, 3.8) is 0 Å². The minimum atomic E-state index is -0.251. The van der Waals surface area contributed by atoms with Gasteiger partial charge >= 0.3 is 0 Å². The topological polar surface area (TPSA) is 65.4 Å². The van der Waals surface area contributed by atoms with Crippen molar-refractivity contribution in [1.29, 1.82) is 0 Å². The number of methoxy groups -OCH3 is 2. The average Bonchev–Trinajstić information content (AvgIpc) is 3.14. The van der Waals surface area contributed by atoms with Gasteiger partial charge in [0, 0.05) is 22.7 Å². The number of halogens is 1. The van der Waals surface area contributed by atoms with Crippen molar-refractivity contribution < 1.29 is 14.3 Å². The molecule has 6 nitrogen and oxygen atoms in total. The minimum Gasteiger partial charge on any atom is -0.497 e. The van der Waals surface area contributed by atoms with Crippen molar-refractivity contribution >= 4 is 33.7 Å². The Morgan fingerprint density at radius 2 is 1.79 bits per heavy atom. The van der Waals surface area contributed by atoms with Crippen molar-refractivity contribution in [2.75, 3.05) is 19.5 Å². The number of ether oxygens (including phenoxy) is 2. The highest BCUT2D eigenvalue weighted by molar-refractivity contribution is 9.10. The molecule has 7 heteroatoms. The summed E-state index contributed by atoms with van der Waals surface area (Å²) < 4.78 is 13.2. The highest BCUT2D eigenvalue weighted by atomic mass is 79.9. The Labute approximate surface area is 171 Å². The molecule has 0 saturated heterocycles. The van der Waals surface area contributed by atoms with E-state index in [0.29, 0.717) is 23.9 Å². The van der Waals surface area contributed by atoms with Crippen LogP contribution in [0.5, 0.6) is 11.5 Å². The number of anilines is 1. The highest BCUT2D eigenvalue weighted by Gasteiger charge is 2.06. The molecule has 0 aliphatic heterocycles. The Morgan fingerprint density at radius 1 is 1.11 bits per heavy atom. The lowest BCUT2D eigenvalue weighted by Gasteiger charge is -2.08. The van der Waals surface area contributed by atoms with Crippen molar-refractivity contribution in [2.45, 2.75) is 6.54 Å². The smallest absolute Gasteiger partial charge is 0.249 e. The summed E-state index contributed by atoms with van der Waals surface area (Å²) in [5, 5.41) is 7.14. The van der Waals surface area contributed by atoms with Crippen LogP contribution in [0.2, 0.25) is 0 Å². The fraction of sp³-hybridized carbons (Fsp3) is 0.143. The number of benzene rings is 2. The predicted molar refractivity (Wildman–Crippen MR) is 113 cm³/mol. The van der Waals surface area contributed by atoms with Gasteiger partial charge in [0.1, 0.15) is 17.3 Å². The van der Waals surface area contributed by atoms with Crippen LogP contribution in [0, 0.1) is 0 Å². The third-order valence-corrected chi connectivity index (χ3v) is 4.54. The molecular weight excluding hydrogens is 422 g/mol. The van der Waals surface area contributed by atoms with Crippen molar-refractivity contribution in [1.82, 2.24) is 9.78 Å². The number of hydrogen-bond acceptors (Lipinski definition) is 4. The number of hydrogen-bond donors (Lipinski definition) is 1. The molecule has 2 aromatic carbocycles. The summed E-state index contributed by atoms with van der Waals surface area (Å²) >= 11 is 3.42. The molecule has 0 atom stereocenters. The van der Waals surface area contributed by atoms with Crippen molar-refractivity contribution in [2.24, 2.45) is 0 Å². The molecule has 0 fully saturated rings. The second kappa shape index (κ2) is 9.23. The average molecular weight is 442 g/mol. The summed E-state index contributed by atoms with van der Waals surface area (Å²) in [5.41, 5.74) is 1.89. The number of carbonyl (C=O) groups excluding carboxylic acids is 1. The summed E-state index contributed by atoms with van der Waals surface area (Å²) in [6.45, 7) is 0.562. The van der Waals surface area contributed by atoms with Crippen LogP contribution in [0.4, 0.5) is 5.82 Å². The number of aromatic nitrogens is 2. The quantitative estimate of drug-likeness (QED) is 0.553.